The molecular weight excluding hydrogens is 289 g/mol. The van der Waals surface area contributed by atoms with E-state index in [9.17, 15) is 18.0 Å². The van der Waals surface area contributed by atoms with Crippen molar-refractivity contribution in [1.29, 1.82) is 0 Å². The summed E-state index contributed by atoms with van der Waals surface area (Å²) in [5, 5.41) is 2.26. The number of hydrogen-bond donors (Lipinski definition) is 2. The van der Waals surface area contributed by atoms with Gasteiger partial charge in [-0.15, -0.1) is 0 Å². The minimum atomic E-state index is -4.55. The van der Waals surface area contributed by atoms with E-state index in [0.29, 0.717) is 0 Å². The van der Waals surface area contributed by atoms with Gasteiger partial charge in [-0.2, -0.15) is 13.2 Å². The Kier molecular flexibility index (Phi) is 3.47. The summed E-state index contributed by atoms with van der Waals surface area (Å²) >= 11 is 2.90. The Bertz CT molecular complexity index is 431. The number of alkyl halides is 3. The molecule has 0 radical (unpaired) electrons. The molecule has 0 saturated heterocycles. The van der Waals surface area contributed by atoms with Gasteiger partial charge in [0.2, 0.25) is 5.91 Å². The largest absolute Gasteiger partial charge is 0.418 e. The quantitative estimate of drug-likeness (QED) is 0.783. The van der Waals surface area contributed by atoms with Crippen molar-refractivity contribution in [3.63, 3.8) is 0 Å². The van der Waals surface area contributed by atoms with Crippen LogP contribution in [0.25, 0.3) is 0 Å². The summed E-state index contributed by atoms with van der Waals surface area (Å²) in [7, 11) is 0. The molecule has 1 aromatic carbocycles. The molecule has 0 fully saturated rings. The van der Waals surface area contributed by atoms with Gasteiger partial charge < -0.3 is 11.1 Å². The van der Waals surface area contributed by atoms with Gasteiger partial charge in [0.1, 0.15) is 0 Å². The van der Waals surface area contributed by atoms with Crippen molar-refractivity contribution < 1.29 is 18.0 Å². The van der Waals surface area contributed by atoms with E-state index in [2.05, 4.69) is 21.2 Å². The normalized spacial score (nSPS) is 11.3. The smallest absolute Gasteiger partial charge is 0.397 e. The number of anilines is 2. The van der Waals surface area contributed by atoms with Gasteiger partial charge in [0.15, 0.2) is 0 Å². The van der Waals surface area contributed by atoms with Crippen LogP contribution in [0.15, 0.2) is 16.6 Å². The zero-order chi connectivity index (χ0) is 12.5. The van der Waals surface area contributed by atoms with Crippen molar-refractivity contribution in [1.82, 2.24) is 0 Å². The van der Waals surface area contributed by atoms with Gasteiger partial charge in [-0.25, -0.2) is 0 Å². The summed E-state index contributed by atoms with van der Waals surface area (Å²) in [5.74, 6) is -0.454. The lowest BCUT2D eigenvalue weighted by atomic mass is 10.1. The summed E-state index contributed by atoms with van der Waals surface area (Å²) in [6.45, 7) is 1.21. The van der Waals surface area contributed by atoms with Crippen molar-refractivity contribution in [3.8, 4) is 0 Å². The van der Waals surface area contributed by atoms with Gasteiger partial charge in [0.05, 0.1) is 11.3 Å². The van der Waals surface area contributed by atoms with E-state index in [4.69, 9.17) is 5.73 Å². The molecule has 0 unspecified atom stereocenters. The van der Waals surface area contributed by atoms with Crippen molar-refractivity contribution >= 4 is 33.2 Å². The Morgan fingerprint density at radius 1 is 1.44 bits per heavy atom. The van der Waals surface area contributed by atoms with E-state index in [-0.39, 0.29) is 10.2 Å². The third-order valence-electron chi connectivity index (χ3n) is 1.76. The molecular formula is C9H8BrF3N2O. The number of hydrogen-bond acceptors (Lipinski definition) is 2. The second-order valence-electron chi connectivity index (χ2n) is 3.10. The predicted octanol–water partition coefficient (Wildman–Crippen LogP) is 3.01. The van der Waals surface area contributed by atoms with Crippen LogP contribution in [-0.4, -0.2) is 5.91 Å². The highest BCUT2D eigenvalue weighted by Gasteiger charge is 2.34. The lowest BCUT2D eigenvalue weighted by molar-refractivity contribution is -0.137. The van der Waals surface area contributed by atoms with E-state index in [0.717, 1.165) is 6.07 Å². The van der Waals surface area contributed by atoms with Crippen LogP contribution in [0, 0.1) is 0 Å². The molecule has 0 aliphatic heterocycles. The number of carbonyl (C=O) groups excluding carboxylic acids is 1. The summed E-state index contributed by atoms with van der Waals surface area (Å²) in [4.78, 5) is 10.7. The molecule has 7 heteroatoms. The molecule has 16 heavy (non-hydrogen) atoms. The van der Waals surface area contributed by atoms with E-state index in [1.165, 1.54) is 13.0 Å². The minimum Gasteiger partial charge on any atom is -0.397 e. The molecule has 3 nitrogen and oxygen atoms in total. The fraction of sp³-hybridized carbons (Fsp3) is 0.222. The Labute approximate surface area is 97.9 Å². The molecule has 0 aliphatic rings. The first-order valence-electron chi connectivity index (χ1n) is 4.15. The van der Waals surface area contributed by atoms with Crippen molar-refractivity contribution in [2.75, 3.05) is 11.1 Å². The number of amides is 1. The number of nitrogen functional groups attached to an aromatic ring is 1. The highest BCUT2D eigenvalue weighted by molar-refractivity contribution is 9.10. The Morgan fingerprint density at radius 2 is 2.00 bits per heavy atom. The standard InChI is InChI=1S/C9H8BrF3N2O/c1-4(16)15-5-2-6(9(11,12)13)8(14)7(10)3-5/h2-3H,14H2,1H3,(H,15,16). The molecule has 0 heterocycles. The SMILES string of the molecule is CC(=O)Nc1cc(Br)c(N)c(C(F)(F)F)c1. The number of benzene rings is 1. The van der Waals surface area contributed by atoms with E-state index < -0.39 is 23.3 Å². The zero-order valence-electron chi connectivity index (χ0n) is 8.15. The Morgan fingerprint density at radius 3 is 2.44 bits per heavy atom. The lowest BCUT2D eigenvalue weighted by Crippen LogP contribution is -2.12. The summed E-state index contributed by atoms with van der Waals surface area (Å²) in [6.07, 6.45) is -4.55. The van der Waals surface area contributed by atoms with Gasteiger partial charge in [-0.05, 0) is 28.1 Å². The minimum absolute atomic E-state index is 0.0425. The molecule has 1 aromatic rings. The molecule has 3 N–H and O–H groups in total. The van der Waals surface area contributed by atoms with Crippen LogP contribution in [-0.2, 0) is 11.0 Å². The number of carbonyl (C=O) groups is 1. The van der Waals surface area contributed by atoms with Crippen LogP contribution in [0.4, 0.5) is 24.5 Å². The molecule has 1 rings (SSSR count). The van der Waals surface area contributed by atoms with Crippen LogP contribution in [0.1, 0.15) is 12.5 Å². The van der Waals surface area contributed by atoms with Crippen LogP contribution < -0.4 is 11.1 Å². The number of halogens is 4. The van der Waals surface area contributed by atoms with Crippen molar-refractivity contribution in [2.24, 2.45) is 0 Å². The van der Waals surface area contributed by atoms with Crippen LogP contribution in [0.2, 0.25) is 0 Å². The molecule has 0 atom stereocenters. The molecule has 0 aliphatic carbocycles. The first kappa shape index (κ1) is 12.8. The first-order valence-corrected chi connectivity index (χ1v) is 4.95. The second-order valence-corrected chi connectivity index (χ2v) is 3.95. The predicted molar refractivity (Wildman–Crippen MR) is 57.9 cm³/mol. The van der Waals surface area contributed by atoms with Crippen molar-refractivity contribution in [2.45, 2.75) is 13.1 Å². The summed E-state index contributed by atoms with van der Waals surface area (Å²) in [6, 6.07) is 2.10. The van der Waals surface area contributed by atoms with Crippen LogP contribution in [0.5, 0.6) is 0 Å². The molecule has 0 saturated carbocycles. The Hall–Kier alpha value is -1.24. The first-order chi connectivity index (χ1) is 7.21. The second kappa shape index (κ2) is 4.32. The third-order valence-corrected chi connectivity index (χ3v) is 2.41. The third kappa shape index (κ3) is 2.88. The van der Waals surface area contributed by atoms with Gasteiger partial charge in [-0.3, -0.25) is 4.79 Å². The maximum atomic E-state index is 12.5. The van der Waals surface area contributed by atoms with Gasteiger partial charge in [-0.1, -0.05) is 0 Å². The summed E-state index contributed by atoms with van der Waals surface area (Å²) in [5.41, 5.74) is 3.95. The van der Waals surface area contributed by atoms with Crippen LogP contribution in [0.3, 0.4) is 0 Å². The van der Waals surface area contributed by atoms with Crippen LogP contribution >= 0.6 is 15.9 Å². The number of nitrogens with one attached hydrogen (secondary N) is 1. The average molecular weight is 297 g/mol. The topological polar surface area (TPSA) is 55.1 Å². The molecule has 1 amide bonds. The van der Waals surface area contributed by atoms with Gasteiger partial charge in [0.25, 0.3) is 0 Å². The fourth-order valence-corrected chi connectivity index (χ4v) is 1.59. The maximum Gasteiger partial charge on any atom is 0.418 e. The summed E-state index contributed by atoms with van der Waals surface area (Å²) < 4.78 is 37.7. The van der Waals surface area contributed by atoms with Gasteiger partial charge >= 0.3 is 6.18 Å². The molecule has 88 valence electrons. The van der Waals surface area contributed by atoms with E-state index in [1.54, 1.807) is 0 Å². The molecule has 0 aromatic heterocycles. The van der Waals surface area contributed by atoms with Gasteiger partial charge in [0, 0.05) is 17.1 Å². The zero-order valence-corrected chi connectivity index (χ0v) is 9.74. The highest BCUT2D eigenvalue weighted by Crippen LogP contribution is 2.39. The van der Waals surface area contributed by atoms with E-state index in [1.807, 2.05) is 0 Å². The number of rotatable bonds is 1. The lowest BCUT2D eigenvalue weighted by Gasteiger charge is -2.13. The van der Waals surface area contributed by atoms with Crippen molar-refractivity contribution in [3.05, 3.63) is 22.2 Å². The fourth-order valence-electron chi connectivity index (χ4n) is 1.13. The maximum absolute atomic E-state index is 12.5. The van der Waals surface area contributed by atoms with E-state index >= 15 is 0 Å². The average Bonchev–Trinajstić information content (AvgIpc) is 2.08. The monoisotopic (exact) mass is 296 g/mol. The molecule has 0 spiro atoms. The number of nitrogens with two attached hydrogens (primary N) is 1. The molecule has 0 bridgehead atoms. The highest BCUT2D eigenvalue weighted by atomic mass is 79.9. The Balaban J connectivity index is 3.28.